The van der Waals surface area contributed by atoms with Crippen molar-refractivity contribution < 1.29 is 4.39 Å². The van der Waals surface area contributed by atoms with Gasteiger partial charge in [-0.25, -0.2) is 4.39 Å². The zero-order valence-corrected chi connectivity index (χ0v) is 9.55. The number of rotatable bonds is 1. The van der Waals surface area contributed by atoms with Gasteiger partial charge in [-0.2, -0.15) is 0 Å². The Morgan fingerprint density at radius 1 is 1.19 bits per heavy atom. The molecule has 2 rings (SSSR count). The van der Waals surface area contributed by atoms with Gasteiger partial charge in [0.25, 0.3) is 0 Å². The molecule has 3 heteroatoms. The largest absolute Gasteiger partial charge is 0.398 e. The number of anilines is 1. The summed E-state index contributed by atoms with van der Waals surface area (Å²) in [5, 5.41) is 0.580. The van der Waals surface area contributed by atoms with Gasteiger partial charge in [0.1, 0.15) is 5.82 Å². The molecule has 0 aliphatic rings. The second-order valence-electron chi connectivity index (χ2n) is 3.70. The zero-order chi connectivity index (χ0) is 11.7. The van der Waals surface area contributed by atoms with Crippen LogP contribution < -0.4 is 5.73 Å². The fourth-order valence-electron chi connectivity index (χ4n) is 1.57. The zero-order valence-electron chi connectivity index (χ0n) is 8.80. The SMILES string of the molecule is Cc1cc(F)c(-c2cccc(Cl)c2)cc1N. The molecule has 0 heterocycles. The fraction of sp³-hybridized carbons (Fsp3) is 0.0769. The van der Waals surface area contributed by atoms with Crippen molar-refractivity contribution in [2.24, 2.45) is 0 Å². The minimum Gasteiger partial charge on any atom is -0.398 e. The topological polar surface area (TPSA) is 26.0 Å². The summed E-state index contributed by atoms with van der Waals surface area (Å²) in [6.07, 6.45) is 0. The predicted molar refractivity (Wildman–Crippen MR) is 66.0 cm³/mol. The standard InChI is InChI=1S/C13H11ClFN/c1-8-5-12(15)11(7-13(8)16)9-3-2-4-10(14)6-9/h2-7H,16H2,1H3. The van der Waals surface area contributed by atoms with Gasteiger partial charge in [-0.15, -0.1) is 0 Å². The third-order valence-electron chi connectivity index (χ3n) is 2.49. The second-order valence-corrected chi connectivity index (χ2v) is 4.14. The molecule has 2 aromatic carbocycles. The van der Waals surface area contributed by atoms with E-state index in [1.165, 1.54) is 6.07 Å². The molecule has 0 atom stereocenters. The van der Waals surface area contributed by atoms with Crippen LogP contribution in [0.25, 0.3) is 11.1 Å². The Morgan fingerprint density at radius 2 is 1.94 bits per heavy atom. The monoisotopic (exact) mass is 235 g/mol. The Morgan fingerprint density at radius 3 is 2.62 bits per heavy atom. The molecular formula is C13H11ClFN. The summed E-state index contributed by atoms with van der Waals surface area (Å²) >= 11 is 5.86. The lowest BCUT2D eigenvalue weighted by molar-refractivity contribution is 0.630. The number of halogens is 2. The fourth-order valence-corrected chi connectivity index (χ4v) is 1.76. The first-order chi connectivity index (χ1) is 7.58. The molecule has 0 saturated heterocycles. The molecule has 0 spiro atoms. The minimum atomic E-state index is -0.283. The van der Waals surface area contributed by atoms with E-state index in [1.54, 1.807) is 37.3 Å². The first-order valence-electron chi connectivity index (χ1n) is 4.89. The highest BCUT2D eigenvalue weighted by Gasteiger charge is 2.07. The third-order valence-corrected chi connectivity index (χ3v) is 2.73. The van der Waals surface area contributed by atoms with E-state index in [0.717, 1.165) is 11.1 Å². The molecule has 0 radical (unpaired) electrons. The molecule has 1 nitrogen and oxygen atoms in total. The van der Waals surface area contributed by atoms with Crippen molar-refractivity contribution in [3.8, 4) is 11.1 Å². The van der Waals surface area contributed by atoms with E-state index in [-0.39, 0.29) is 5.82 Å². The Hall–Kier alpha value is -1.54. The van der Waals surface area contributed by atoms with Crippen LogP contribution in [0.15, 0.2) is 36.4 Å². The van der Waals surface area contributed by atoms with E-state index in [0.29, 0.717) is 16.3 Å². The van der Waals surface area contributed by atoms with Crippen molar-refractivity contribution >= 4 is 17.3 Å². The van der Waals surface area contributed by atoms with E-state index in [9.17, 15) is 4.39 Å². The molecule has 82 valence electrons. The molecule has 0 saturated carbocycles. The van der Waals surface area contributed by atoms with Crippen LogP contribution in [-0.2, 0) is 0 Å². The van der Waals surface area contributed by atoms with Crippen LogP contribution in [0.2, 0.25) is 5.02 Å². The molecule has 2 N–H and O–H groups in total. The maximum Gasteiger partial charge on any atom is 0.131 e. The molecule has 0 aliphatic carbocycles. The quantitative estimate of drug-likeness (QED) is 0.742. The molecule has 0 amide bonds. The summed E-state index contributed by atoms with van der Waals surface area (Å²) in [4.78, 5) is 0. The van der Waals surface area contributed by atoms with Gasteiger partial charge in [-0.05, 0) is 42.3 Å². The van der Waals surface area contributed by atoms with Crippen molar-refractivity contribution in [2.45, 2.75) is 6.92 Å². The van der Waals surface area contributed by atoms with Gasteiger partial charge in [0.2, 0.25) is 0 Å². The van der Waals surface area contributed by atoms with Crippen LogP contribution in [0.5, 0.6) is 0 Å². The molecular weight excluding hydrogens is 225 g/mol. The summed E-state index contributed by atoms with van der Waals surface area (Å²) < 4.78 is 13.7. The second kappa shape index (κ2) is 4.14. The van der Waals surface area contributed by atoms with E-state index in [4.69, 9.17) is 17.3 Å². The Kier molecular flexibility index (Phi) is 2.84. The highest BCUT2D eigenvalue weighted by atomic mass is 35.5. The maximum atomic E-state index is 13.7. The molecule has 0 bridgehead atoms. The summed E-state index contributed by atoms with van der Waals surface area (Å²) in [6, 6.07) is 10.1. The van der Waals surface area contributed by atoms with E-state index < -0.39 is 0 Å². The first-order valence-corrected chi connectivity index (χ1v) is 5.27. The number of benzene rings is 2. The van der Waals surface area contributed by atoms with Crippen LogP contribution in [0.3, 0.4) is 0 Å². The first kappa shape index (κ1) is 11.0. The van der Waals surface area contributed by atoms with Crippen molar-refractivity contribution in [3.63, 3.8) is 0 Å². The third kappa shape index (κ3) is 2.02. The van der Waals surface area contributed by atoms with Gasteiger partial charge >= 0.3 is 0 Å². The lowest BCUT2D eigenvalue weighted by Crippen LogP contribution is -1.93. The summed E-state index contributed by atoms with van der Waals surface area (Å²) in [7, 11) is 0. The number of hydrogen-bond donors (Lipinski definition) is 1. The average molecular weight is 236 g/mol. The summed E-state index contributed by atoms with van der Waals surface area (Å²) in [5.74, 6) is -0.283. The highest BCUT2D eigenvalue weighted by molar-refractivity contribution is 6.30. The van der Waals surface area contributed by atoms with E-state index in [1.807, 2.05) is 0 Å². The van der Waals surface area contributed by atoms with Gasteiger partial charge in [0, 0.05) is 16.3 Å². The van der Waals surface area contributed by atoms with E-state index in [2.05, 4.69) is 0 Å². The van der Waals surface area contributed by atoms with Gasteiger partial charge in [0.15, 0.2) is 0 Å². The molecule has 0 aliphatic heterocycles. The summed E-state index contributed by atoms with van der Waals surface area (Å²) in [5.41, 5.74) is 8.29. The minimum absolute atomic E-state index is 0.283. The van der Waals surface area contributed by atoms with Crippen LogP contribution in [0.4, 0.5) is 10.1 Å². The summed E-state index contributed by atoms with van der Waals surface area (Å²) in [6.45, 7) is 1.78. The van der Waals surface area contributed by atoms with Gasteiger partial charge in [-0.1, -0.05) is 23.7 Å². The Balaban J connectivity index is 2.60. The average Bonchev–Trinajstić information content (AvgIpc) is 2.23. The smallest absolute Gasteiger partial charge is 0.131 e. The van der Waals surface area contributed by atoms with Crippen LogP contribution >= 0.6 is 11.6 Å². The Bertz CT molecular complexity index is 537. The van der Waals surface area contributed by atoms with Crippen LogP contribution in [-0.4, -0.2) is 0 Å². The number of nitrogen functional groups attached to an aromatic ring is 1. The van der Waals surface area contributed by atoms with Crippen molar-refractivity contribution in [2.75, 3.05) is 5.73 Å². The molecule has 16 heavy (non-hydrogen) atoms. The van der Waals surface area contributed by atoms with Crippen LogP contribution in [0.1, 0.15) is 5.56 Å². The number of nitrogens with two attached hydrogens (primary N) is 1. The molecule has 0 fully saturated rings. The maximum absolute atomic E-state index is 13.7. The van der Waals surface area contributed by atoms with Gasteiger partial charge < -0.3 is 5.73 Å². The van der Waals surface area contributed by atoms with Gasteiger partial charge in [-0.3, -0.25) is 0 Å². The van der Waals surface area contributed by atoms with Crippen LogP contribution in [0, 0.1) is 12.7 Å². The molecule has 0 unspecified atom stereocenters. The number of aryl methyl sites for hydroxylation is 1. The number of hydrogen-bond acceptors (Lipinski definition) is 1. The normalized spacial score (nSPS) is 10.4. The molecule has 2 aromatic rings. The van der Waals surface area contributed by atoms with Crippen molar-refractivity contribution in [3.05, 3.63) is 52.8 Å². The lowest BCUT2D eigenvalue weighted by Gasteiger charge is -2.07. The lowest BCUT2D eigenvalue weighted by atomic mass is 10.0. The molecule has 0 aromatic heterocycles. The highest BCUT2D eigenvalue weighted by Crippen LogP contribution is 2.28. The van der Waals surface area contributed by atoms with Crippen molar-refractivity contribution in [1.29, 1.82) is 0 Å². The Labute approximate surface area is 98.7 Å². The van der Waals surface area contributed by atoms with Crippen molar-refractivity contribution in [1.82, 2.24) is 0 Å². The van der Waals surface area contributed by atoms with E-state index >= 15 is 0 Å². The van der Waals surface area contributed by atoms with Gasteiger partial charge in [0.05, 0.1) is 0 Å². The predicted octanol–water partition coefficient (Wildman–Crippen LogP) is 4.04.